The predicted molar refractivity (Wildman–Crippen MR) is 80.6 cm³/mol. The quantitative estimate of drug-likeness (QED) is 0.594. The van der Waals surface area contributed by atoms with Crippen LogP contribution >= 0.6 is 11.6 Å². The minimum atomic E-state index is -0.195. The average molecular weight is 289 g/mol. The molecule has 3 heteroatoms. The van der Waals surface area contributed by atoms with E-state index >= 15 is 0 Å². The Hall–Kier alpha value is -1.67. The van der Waals surface area contributed by atoms with Crippen LogP contribution in [0.4, 0.5) is 0 Å². The molecule has 2 aromatic carbocycles. The van der Waals surface area contributed by atoms with E-state index in [2.05, 4.69) is 12.1 Å². The van der Waals surface area contributed by atoms with E-state index in [1.807, 2.05) is 18.2 Å². The molecule has 0 aromatic heterocycles. The highest BCUT2D eigenvalue weighted by Gasteiger charge is 2.25. The molecule has 2 N–H and O–H groups in total. The van der Waals surface area contributed by atoms with Gasteiger partial charge in [-0.1, -0.05) is 48.4 Å². The Balaban J connectivity index is 2.17. The van der Waals surface area contributed by atoms with Gasteiger partial charge < -0.3 is 10.2 Å². The molecular formula is C17H17ClO2. The second kappa shape index (κ2) is 5.37. The standard InChI is InChI=1S/C17H17ClO2/c18-16-13-9-5-4-8-12(11-6-2-1-3-7-11)14(13)10-15(19)17(16)20/h1-3,6-7,10,12,19-20H,4-5,8-9H2/t12-/m1/s1. The minimum Gasteiger partial charge on any atom is -0.504 e. The van der Waals surface area contributed by atoms with Crippen molar-refractivity contribution in [3.63, 3.8) is 0 Å². The molecule has 20 heavy (non-hydrogen) atoms. The van der Waals surface area contributed by atoms with Gasteiger partial charge in [0.25, 0.3) is 0 Å². The van der Waals surface area contributed by atoms with Gasteiger partial charge in [0.15, 0.2) is 11.5 Å². The monoisotopic (exact) mass is 288 g/mol. The molecule has 0 saturated heterocycles. The summed E-state index contributed by atoms with van der Waals surface area (Å²) in [7, 11) is 0. The third-order valence-electron chi connectivity index (χ3n) is 4.10. The van der Waals surface area contributed by atoms with Crippen LogP contribution in [0.1, 0.15) is 41.9 Å². The Kier molecular flexibility index (Phi) is 3.58. The first kappa shape index (κ1) is 13.3. The molecule has 2 aromatic rings. The second-order valence-electron chi connectivity index (χ2n) is 5.34. The zero-order valence-corrected chi connectivity index (χ0v) is 11.9. The number of halogens is 1. The third kappa shape index (κ3) is 2.25. The maximum absolute atomic E-state index is 9.88. The third-order valence-corrected chi connectivity index (χ3v) is 4.51. The molecule has 1 atom stereocenters. The number of rotatable bonds is 1. The zero-order valence-electron chi connectivity index (χ0n) is 11.1. The van der Waals surface area contributed by atoms with E-state index in [1.54, 1.807) is 6.07 Å². The normalized spacial score (nSPS) is 18.4. The molecule has 1 aliphatic rings. The Morgan fingerprint density at radius 3 is 2.55 bits per heavy atom. The van der Waals surface area contributed by atoms with Crippen molar-refractivity contribution in [2.24, 2.45) is 0 Å². The predicted octanol–water partition coefficient (Wildman–Crippen LogP) is 4.61. The Morgan fingerprint density at radius 1 is 1.05 bits per heavy atom. The SMILES string of the molecule is Oc1cc2c(c(Cl)c1O)CCCC[C@@H]2c1ccccc1. The minimum absolute atomic E-state index is 0.128. The van der Waals surface area contributed by atoms with Crippen LogP contribution in [-0.4, -0.2) is 10.2 Å². The van der Waals surface area contributed by atoms with Crippen LogP contribution < -0.4 is 0 Å². The molecule has 0 spiro atoms. The lowest BCUT2D eigenvalue weighted by Crippen LogP contribution is -2.03. The summed E-state index contributed by atoms with van der Waals surface area (Å²) >= 11 is 6.23. The van der Waals surface area contributed by atoms with E-state index in [0.29, 0.717) is 5.02 Å². The molecule has 2 nitrogen and oxygen atoms in total. The van der Waals surface area contributed by atoms with E-state index in [-0.39, 0.29) is 17.4 Å². The molecule has 0 radical (unpaired) electrons. The van der Waals surface area contributed by atoms with E-state index < -0.39 is 0 Å². The summed E-state index contributed by atoms with van der Waals surface area (Å²) < 4.78 is 0. The van der Waals surface area contributed by atoms with Gasteiger partial charge in [0.05, 0.1) is 5.02 Å². The number of fused-ring (bicyclic) bond motifs is 1. The summed E-state index contributed by atoms with van der Waals surface area (Å²) in [6, 6.07) is 12.0. The number of aromatic hydroxyl groups is 2. The number of phenolic OH excluding ortho intramolecular Hbond substituents is 2. The summed E-state index contributed by atoms with van der Waals surface area (Å²) in [5, 5.41) is 20.0. The first-order valence-electron chi connectivity index (χ1n) is 6.96. The molecule has 0 heterocycles. The molecule has 0 bridgehead atoms. The molecule has 104 valence electrons. The highest BCUT2D eigenvalue weighted by atomic mass is 35.5. The topological polar surface area (TPSA) is 40.5 Å². The van der Waals surface area contributed by atoms with Crippen LogP contribution in [0.15, 0.2) is 36.4 Å². The maximum Gasteiger partial charge on any atom is 0.176 e. The van der Waals surface area contributed by atoms with Crippen molar-refractivity contribution >= 4 is 11.6 Å². The lowest BCUT2D eigenvalue weighted by atomic mass is 9.86. The van der Waals surface area contributed by atoms with Gasteiger partial charge in [-0.3, -0.25) is 0 Å². The second-order valence-corrected chi connectivity index (χ2v) is 5.71. The van der Waals surface area contributed by atoms with Gasteiger partial charge in [0.2, 0.25) is 0 Å². The summed E-state index contributed by atoms with van der Waals surface area (Å²) in [6.45, 7) is 0. The van der Waals surface area contributed by atoms with Crippen molar-refractivity contribution in [1.82, 2.24) is 0 Å². The van der Waals surface area contributed by atoms with Crippen molar-refractivity contribution in [3.05, 3.63) is 58.1 Å². The zero-order chi connectivity index (χ0) is 14.1. The first-order chi connectivity index (χ1) is 9.68. The molecule has 3 rings (SSSR count). The van der Waals surface area contributed by atoms with Gasteiger partial charge in [-0.25, -0.2) is 0 Å². The summed E-state index contributed by atoms with van der Waals surface area (Å²) in [5.74, 6) is -0.0894. The Morgan fingerprint density at radius 2 is 1.80 bits per heavy atom. The van der Waals surface area contributed by atoms with Crippen LogP contribution in [0.3, 0.4) is 0 Å². The molecule has 0 unspecified atom stereocenters. The maximum atomic E-state index is 9.88. The number of hydrogen-bond acceptors (Lipinski definition) is 2. The largest absolute Gasteiger partial charge is 0.504 e. The van der Waals surface area contributed by atoms with Gasteiger partial charge in [-0.05, 0) is 42.0 Å². The van der Waals surface area contributed by atoms with Crippen molar-refractivity contribution in [2.75, 3.05) is 0 Å². The lowest BCUT2D eigenvalue weighted by molar-refractivity contribution is 0.402. The highest BCUT2D eigenvalue weighted by molar-refractivity contribution is 6.33. The van der Waals surface area contributed by atoms with Gasteiger partial charge >= 0.3 is 0 Å². The fourth-order valence-electron chi connectivity index (χ4n) is 3.09. The van der Waals surface area contributed by atoms with Gasteiger partial charge in [-0.15, -0.1) is 0 Å². The van der Waals surface area contributed by atoms with E-state index in [1.165, 1.54) is 5.56 Å². The van der Waals surface area contributed by atoms with Crippen molar-refractivity contribution in [3.8, 4) is 11.5 Å². The summed E-state index contributed by atoms with van der Waals surface area (Å²) in [5.41, 5.74) is 3.26. The first-order valence-corrected chi connectivity index (χ1v) is 7.34. The molecular weight excluding hydrogens is 272 g/mol. The summed E-state index contributed by atoms with van der Waals surface area (Å²) in [6.07, 6.45) is 4.06. The summed E-state index contributed by atoms with van der Waals surface area (Å²) in [4.78, 5) is 0. The molecule has 0 amide bonds. The highest BCUT2D eigenvalue weighted by Crippen LogP contribution is 2.45. The molecule has 0 fully saturated rings. The fourth-order valence-corrected chi connectivity index (χ4v) is 3.39. The van der Waals surface area contributed by atoms with Crippen LogP contribution in [0.25, 0.3) is 0 Å². The van der Waals surface area contributed by atoms with E-state index in [9.17, 15) is 10.2 Å². The van der Waals surface area contributed by atoms with Crippen LogP contribution in [0.2, 0.25) is 5.02 Å². The van der Waals surface area contributed by atoms with E-state index in [0.717, 1.165) is 36.8 Å². The fraction of sp³-hybridized carbons (Fsp3) is 0.294. The molecule has 0 saturated carbocycles. The molecule has 1 aliphatic carbocycles. The number of phenols is 2. The van der Waals surface area contributed by atoms with Gasteiger partial charge in [0, 0.05) is 5.92 Å². The van der Waals surface area contributed by atoms with Gasteiger partial charge in [-0.2, -0.15) is 0 Å². The van der Waals surface area contributed by atoms with Crippen molar-refractivity contribution < 1.29 is 10.2 Å². The molecule has 0 aliphatic heterocycles. The van der Waals surface area contributed by atoms with Crippen LogP contribution in [-0.2, 0) is 6.42 Å². The Labute approximate surface area is 123 Å². The van der Waals surface area contributed by atoms with Crippen molar-refractivity contribution in [2.45, 2.75) is 31.6 Å². The average Bonchev–Trinajstić information content (AvgIpc) is 2.68. The van der Waals surface area contributed by atoms with E-state index in [4.69, 9.17) is 11.6 Å². The smallest absolute Gasteiger partial charge is 0.176 e. The number of hydrogen-bond donors (Lipinski definition) is 2. The van der Waals surface area contributed by atoms with Crippen molar-refractivity contribution in [1.29, 1.82) is 0 Å². The Bertz CT molecular complexity index is 623. The lowest BCUT2D eigenvalue weighted by Gasteiger charge is -2.20. The van der Waals surface area contributed by atoms with Gasteiger partial charge in [0.1, 0.15) is 0 Å². The number of benzene rings is 2. The van der Waals surface area contributed by atoms with Crippen LogP contribution in [0.5, 0.6) is 11.5 Å². The van der Waals surface area contributed by atoms with Crippen LogP contribution in [0, 0.1) is 0 Å².